The average molecular weight is 234 g/mol. The normalized spacial score (nSPS) is 8.81. The van der Waals surface area contributed by atoms with Gasteiger partial charge in [-0.25, -0.2) is 9.59 Å². The van der Waals surface area contributed by atoms with Crippen LogP contribution in [0.25, 0.3) is 0 Å². The molecule has 0 atom stereocenters. The molecular formula is C10H18O6. The number of rotatable bonds is 6. The fourth-order valence-electron chi connectivity index (χ4n) is 0.880. The van der Waals surface area contributed by atoms with Gasteiger partial charge in [0.05, 0.1) is 0 Å². The number of carboxylic acid groups (broad SMARTS) is 3. The molecule has 0 fully saturated rings. The van der Waals surface area contributed by atoms with Gasteiger partial charge in [-0.05, 0) is 6.42 Å². The molecule has 0 saturated carbocycles. The molecule has 0 aromatic heterocycles. The zero-order valence-corrected chi connectivity index (χ0v) is 9.31. The number of hydrogen-bond donors (Lipinski definition) is 3. The molecule has 94 valence electrons. The van der Waals surface area contributed by atoms with Gasteiger partial charge in [-0.1, -0.05) is 32.6 Å². The predicted octanol–water partition coefficient (Wildman–Crippen LogP) is 1.59. The number of carboxylic acids is 3. The molecule has 0 radical (unpaired) electrons. The Bertz CT molecular complexity index is 211. The molecule has 0 aliphatic carbocycles. The summed E-state index contributed by atoms with van der Waals surface area (Å²) in [5.74, 6) is -4.32. The van der Waals surface area contributed by atoms with Crippen LogP contribution in [0.5, 0.6) is 0 Å². The van der Waals surface area contributed by atoms with Crippen molar-refractivity contribution in [2.24, 2.45) is 0 Å². The average Bonchev–Trinajstić information content (AvgIpc) is 2.18. The molecule has 0 spiro atoms. The second-order valence-corrected chi connectivity index (χ2v) is 3.17. The van der Waals surface area contributed by atoms with Crippen LogP contribution in [0, 0.1) is 0 Å². The minimum atomic E-state index is -1.82. The molecule has 0 heterocycles. The molecule has 0 aromatic rings. The molecule has 0 rings (SSSR count). The van der Waals surface area contributed by atoms with Gasteiger partial charge >= 0.3 is 17.9 Å². The Kier molecular flexibility index (Phi) is 12.1. The third kappa shape index (κ3) is 18.2. The second kappa shape index (κ2) is 11.5. The van der Waals surface area contributed by atoms with E-state index in [1.54, 1.807) is 0 Å². The maximum absolute atomic E-state index is 10.0. The van der Waals surface area contributed by atoms with Crippen LogP contribution in [0.3, 0.4) is 0 Å². The quantitative estimate of drug-likeness (QED) is 0.475. The van der Waals surface area contributed by atoms with E-state index in [0.29, 0.717) is 6.42 Å². The molecule has 0 aliphatic rings. The molecular weight excluding hydrogens is 216 g/mol. The van der Waals surface area contributed by atoms with Crippen LogP contribution in [0.2, 0.25) is 0 Å². The van der Waals surface area contributed by atoms with Crippen molar-refractivity contribution >= 4 is 17.9 Å². The van der Waals surface area contributed by atoms with Crippen LogP contribution >= 0.6 is 0 Å². The summed E-state index contributed by atoms with van der Waals surface area (Å²) in [7, 11) is 0. The Morgan fingerprint density at radius 3 is 1.56 bits per heavy atom. The highest BCUT2D eigenvalue weighted by Crippen LogP contribution is 2.04. The summed E-state index contributed by atoms with van der Waals surface area (Å²) in [6, 6.07) is 0. The number of unbranched alkanes of at least 4 members (excludes halogenated alkanes) is 4. The van der Waals surface area contributed by atoms with E-state index in [-0.39, 0.29) is 0 Å². The highest BCUT2D eigenvalue weighted by Gasteiger charge is 2.04. The van der Waals surface area contributed by atoms with Gasteiger partial charge in [-0.15, -0.1) is 0 Å². The smallest absolute Gasteiger partial charge is 0.414 e. The van der Waals surface area contributed by atoms with Crippen LogP contribution in [0.4, 0.5) is 0 Å². The molecule has 0 aliphatic heterocycles. The molecule has 0 saturated heterocycles. The standard InChI is InChI=1S/C8H16O2.C2H2O4/c1-2-3-4-5-6-7-8(9)10;3-1(4)2(5)6/h2-7H2,1H3,(H,9,10);(H,3,4)(H,5,6). The molecule has 6 nitrogen and oxygen atoms in total. The van der Waals surface area contributed by atoms with Crippen LogP contribution in [0.15, 0.2) is 0 Å². The van der Waals surface area contributed by atoms with E-state index in [1.165, 1.54) is 19.3 Å². The monoisotopic (exact) mass is 234 g/mol. The summed E-state index contributed by atoms with van der Waals surface area (Å²) < 4.78 is 0. The number of carbonyl (C=O) groups is 3. The number of aliphatic carboxylic acids is 3. The maximum atomic E-state index is 10.0. The predicted molar refractivity (Wildman–Crippen MR) is 56.3 cm³/mol. The van der Waals surface area contributed by atoms with Gasteiger partial charge < -0.3 is 15.3 Å². The Morgan fingerprint density at radius 1 is 0.812 bits per heavy atom. The SMILES string of the molecule is CCCCCCCC(=O)O.O=C(O)C(=O)O. The summed E-state index contributed by atoms with van der Waals surface area (Å²) >= 11 is 0. The van der Waals surface area contributed by atoms with Gasteiger partial charge in [0.15, 0.2) is 0 Å². The van der Waals surface area contributed by atoms with Gasteiger partial charge in [-0.2, -0.15) is 0 Å². The lowest BCUT2D eigenvalue weighted by molar-refractivity contribution is -0.159. The summed E-state index contributed by atoms with van der Waals surface area (Å²) in [4.78, 5) is 28.2. The van der Waals surface area contributed by atoms with Gasteiger partial charge in [0.1, 0.15) is 0 Å². The van der Waals surface area contributed by atoms with E-state index in [2.05, 4.69) is 6.92 Å². The highest BCUT2D eigenvalue weighted by atomic mass is 16.4. The van der Waals surface area contributed by atoms with E-state index < -0.39 is 17.9 Å². The Hall–Kier alpha value is -1.59. The Morgan fingerprint density at radius 2 is 1.25 bits per heavy atom. The molecule has 0 unspecified atom stereocenters. The zero-order chi connectivity index (χ0) is 13.0. The van der Waals surface area contributed by atoms with Crippen molar-refractivity contribution < 1.29 is 29.7 Å². The molecule has 0 bridgehead atoms. The second-order valence-electron chi connectivity index (χ2n) is 3.17. The lowest BCUT2D eigenvalue weighted by atomic mass is 10.1. The van der Waals surface area contributed by atoms with Crippen molar-refractivity contribution in [2.75, 3.05) is 0 Å². The molecule has 0 amide bonds. The Labute approximate surface area is 93.9 Å². The summed E-state index contributed by atoms with van der Waals surface area (Å²) in [6.07, 6.45) is 5.88. The first-order chi connectivity index (χ1) is 7.41. The lowest BCUT2D eigenvalue weighted by Gasteiger charge is -1.95. The zero-order valence-electron chi connectivity index (χ0n) is 9.31. The van der Waals surface area contributed by atoms with E-state index in [9.17, 15) is 4.79 Å². The maximum Gasteiger partial charge on any atom is 0.414 e. The van der Waals surface area contributed by atoms with Crippen molar-refractivity contribution in [3.63, 3.8) is 0 Å². The van der Waals surface area contributed by atoms with E-state index in [0.717, 1.165) is 12.8 Å². The fraction of sp³-hybridized carbons (Fsp3) is 0.700. The molecule has 0 aromatic carbocycles. The van der Waals surface area contributed by atoms with E-state index >= 15 is 0 Å². The van der Waals surface area contributed by atoms with Crippen molar-refractivity contribution in [1.82, 2.24) is 0 Å². The number of hydrogen-bond acceptors (Lipinski definition) is 3. The fourth-order valence-corrected chi connectivity index (χ4v) is 0.880. The molecule has 16 heavy (non-hydrogen) atoms. The van der Waals surface area contributed by atoms with Crippen LogP contribution < -0.4 is 0 Å². The van der Waals surface area contributed by atoms with Crippen LogP contribution in [0.1, 0.15) is 45.4 Å². The summed E-state index contributed by atoms with van der Waals surface area (Å²) in [5.41, 5.74) is 0. The first-order valence-electron chi connectivity index (χ1n) is 5.09. The molecule has 6 heteroatoms. The molecule has 3 N–H and O–H groups in total. The third-order valence-corrected chi connectivity index (χ3v) is 1.68. The van der Waals surface area contributed by atoms with Gasteiger partial charge in [0.2, 0.25) is 0 Å². The third-order valence-electron chi connectivity index (χ3n) is 1.68. The lowest BCUT2D eigenvalue weighted by Crippen LogP contribution is -2.09. The Balaban J connectivity index is 0. The first kappa shape index (κ1) is 16.8. The summed E-state index contributed by atoms with van der Waals surface area (Å²) in [5, 5.41) is 23.1. The van der Waals surface area contributed by atoms with Gasteiger partial charge in [-0.3, -0.25) is 4.79 Å². The largest absolute Gasteiger partial charge is 0.481 e. The van der Waals surface area contributed by atoms with Crippen molar-refractivity contribution in [2.45, 2.75) is 45.4 Å². The van der Waals surface area contributed by atoms with Crippen LogP contribution in [-0.2, 0) is 14.4 Å². The topological polar surface area (TPSA) is 112 Å². The highest BCUT2D eigenvalue weighted by molar-refractivity contribution is 6.27. The minimum absolute atomic E-state index is 0.337. The van der Waals surface area contributed by atoms with E-state index in [4.69, 9.17) is 24.9 Å². The minimum Gasteiger partial charge on any atom is -0.481 e. The van der Waals surface area contributed by atoms with Crippen molar-refractivity contribution in [3.8, 4) is 0 Å². The first-order valence-corrected chi connectivity index (χ1v) is 5.09. The van der Waals surface area contributed by atoms with Gasteiger partial charge in [0, 0.05) is 6.42 Å². The van der Waals surface area contributed by atoms with Gasteiger partial charge in [0.25, 0.3) is 0 Å². The van der Waals surface area contributed by atoms with Crippen molar-refractivity contribution in [1.29, 1.82) is 0 Å². The van der Waals surface area contributed by atoms with E-state index in [1.807, 2.05) is 0 Å². The summed E-state index contributed by atoms with van der Waals surface area (Å²) in [6.45, 7) is 2.15. The van der Waals surface area contributed by atoms with Crippen LogP contribution in [-0.4, -0.2) is 33.2 Å². The van der Waals surface area contributed by atoms with Crippen molar-refractivity contribution in [3.05, 3.63) is 0 Å².